The molecule has 4 nitrogen and oxygen atoms in total. The van der Waals surface area contributed by atoms with Gasteiger partial charge in [0.25, 0.3) is 5.91 Å². The summed E-state index contributed by atoms with van der Waals surface area (Å²) in [5, 5.41) is 3.61. The summed E-state index contributed by atoms with van der Waals surface area (Å²) in [5.74, 6) is 0.129. The topological polar surface area (TPSA) is 55.4 Å². The summed E-state index contributed by atoms with van der Waals surface area (Å²) in [5.41, 5.74) is 4.45. The highest BCUT2D eigenvalue weighted by molar-refractivity contribution is 7.17. The molecule has 2 aromatic rings. The fourth-order valence-electron chi connectivity index (χ4n) is 3.57. The molecule has 0 aliphatic heterocycles. The van der Waals surface area contributed by atoms with Crippen LogP contribution in [0.4, 0.5) is 5.00 Å². The second-order valence-corrected chi connectivity index (χ2v) is 8.30. The van der Waals surface area contributed by atoms with Crippen molar-refractivity contribution in [1.82, 2.24) is 0 Å². The van der Waals surface area contributed by atoms with Crippen LogP contribution in [0.15, 0.2) is 18.2 Å². The molecule has 0 unspecified atom stereocenters. The van der Waals surface area contributed by atoms with Gasteiger partial charge in [-0.1, -0.05) is 19.4 Å². The van der Waals surface area contributed by atoms with Gasteiger partial charge in [-0.3, -0.25) is 4.79 Å². The molecule has 0 saturated heterocycles. The van der Waals surface area contributed by atoms with Crippen LogP contribution in [0.1, 0.15) is 69.0 Å². The third-order valence-corrected chi connectivity index (χ3v) is 6.59. The Morgan fingerprint density at radius 1 is 1.22 bits per heavy atom. The van der Waals surface area contributed by atoms with Gasteiger partial charge >= 0.3 is 5.97 Å². The molecular weight excluding hydrogens is 358 g/mol. The van der Waals surface area contributed by atoms with Crippen molar-refractivity contribution < 1.29 is 14.3 Å². The number of rotatable bonds is 5. The highest BCUT2D eigenvalue weighted by atomic mass is 32.1. The maximum atomic E-state index is 12.8. The fraction of sp³-hybridized carbons (Fsp3) is 0.455. The van der Waals surface area contributed by atoms with Crippen LogP contribution in [0.25, 0.3) is 0 Å². The summed E-state index contributed by atoms with van der Waals surface area (Å²) in [7, 11) is 0. The average Bonchev–Trinajstić information content (AvgIpc) is 3.00. The molecule has 1 aromatic heterocycles. The van der Waals surface area contributed by atoms with E-state index in [1.165, 1.54) is 16.2 Å². The van der Waals surface area contributed by atoms with Gasteiger partial charge in [0.15, 0.2) is 0 Å². The van der Waals surface area contributed by atoms with Crippen LogP contribution >= 0.6 is 11.3 Å². The number of nitrogens with one attached hydrogen (secondary N) is 1. The fourth-order valence-corrected chi connectivity index (χ4v) is 4.91. The molecule has 1 amide bonds. The Kier molecular flexibility index (Phi) is 6.00. The van der Waals surface area contributed by atoms with Crippen molar-refractivity contribution >= 4 is 28.2 Å². The zero-order valence-electron chi connectivity index (χ0n) is 16.5. The molecule has 5 heteroatoms. The first-order valence-electron chi connectivity index (χ1n) is 9.64. The molecule has 1 N–H and O–H groups in total. The molecule has 1 aliphatic carbocycles. The van der Waals surface area contributed by atoms with Gasteiger partial charge in [0.1, 0.15) is 5.00 Å². The van der Waals surface area contributed by atoms with E-state index in [2.05, 4.69) is 12.2 Å². The summed E-state index contributed by atoms with van der Waals surface area (Å²) in [6.45, 7) is 8.35. The lowest BCUT2D eigenvalue weighted by atomic mass is 9.85. The lowest BCUT2D eigenvalue weighted by Crippen LogP contribution is -2.17. The van der Waals surface area contributed by atoms with Crippen LogP contribution in [-0.2, 0) is 17.6 Å². The van der Waals surface area contributed by atoms with Gasteiger partial charge in [-0.2, -0.15) is 0 Å². The van der Waals surface area contributed by atoms with Crippen LogP contribution in [0, 0.1) is 19.8 Å². The number of hydrogen-bond acceptors (Lipinski definition) is 4. The summed E-state index contributed by atoms with van der Waals surface area (Å²) >= 11 is 1.53. The third kappa shape index (κ3) is 4.08. The van der Waals surface area contributed by atoms with Crippen molar-refractivity contribution in [2.75, 3.05) is 11.9 Å². The van der Waals surface area contributed by atoms with E-state index in [4.69, 9.17) is 4.74 Å². The minimum Gasteiger partial charge on any atom is -0.462 e. The number of carbonyl (C=O) groups excluding carboxylic acids is 2. The number of anilines is 1. The summed E-state index contributed by atoms with van der Waals surface area (Å²) in [6, 6.07) is 5.65. The minimum atomic E-state index is -0.333. The molecular formula is C22H27NO3S. The van der Waals surface area contributed by atoms with Crippen LogP contribution in [0.2, 0.25) is 0 Å². The monoisotopic (exact) mass is 385 g/mol. The van der Waals surface area contributed by atoms with Crippen molar-refractivity contribution in [2.45, 2.75) is 53.4 Å². The van der Waals surface area contributed by atoms with Crippen LogP contribution < -0.4 is 5.32 Å². The molecule has 1 atom stereocenters. The van der Waals surface area contributed by atoms with E-state index in [1.807, 2.05) is 32.0 Å². The standard InChI is InChI=1S/C22H27NO3S/c1-5-15-8-10-17-18(12-15)27-21(19(17)22(25)26-6-2)23-20(24)16-9-7-13(3)14(4)11-16/h7,9,11,15H,5-6,8,10,12H2,1-4H3,(H,23,24)/t15-/m0/s1. The maximum Gasteiger partial charge on any atom is 0.341 e. The van der Waals surface area contributed by atoms with Crippen LogP contribution in [-0.4, -0.2) is 18.5 Å². The Balaban J connectivity index is 1.93. The zero-order chi connectivity index (χ0) is 19.6. The molecule has 1 heterocycles. The first-order valence-corrected chi connectivity index (χ1v) is 10.5. The van der Waals surface area contributed by atoms with E-state index < -0.39 is 0 Å². The second-order valence-electron chi connectivity index (χ2n) is 7.20. The van der Waals surface area contributed by atoms with Gasteiger partial charge in [-0.15, -0.1) is 11.3 Å². The largest absolute Gasteiger partial charge is 0.462 e. The number of amides is 1. The lowest BCUT2D eigenvalue weighted by molar-refractivity contribution is 0.0526. The molecule has 0 spiro atoms. The molecule has 3 rings (SSSR count). The molecule has 1 aromatic carbocycles. The van der Waals surface area contributed by atoms with E-state index in [9.17, 15) is 9.59 Å². The highest BCUT2D eigenvalue weighted by Gasteiger charge is 2.30. The quantitative estimate of drug-likeness (QED) is 0.710. The first-order chi connectivity index (χ1) is 12.9. The molecule has 1 aliphatic rings. The SMILES string of the molecule is CCOC(=O)c1c(NC(=O)c2ccc(C)c(C)c2)sc2c1CC[C@H](CC)C2. The number of carbonyl (C=O) groups is 2. The van der Waals surface area contributed by atoms with Gasteiger partial charge in [-0.25, -0.2) is 4.79 Å². The van der Waals surface area contributed by atoms with Gasteiger partial charge in [-0.05, 0) is 74.8 Å². The van der Waals surface area contributed by atoms with Crippen molar-refractivity contribution in [2.24, 2.45) is 5.92 Å². The molecule has 27 heavy (non-hydrogen) atoms. The number of ether oxygens (including phenoxy) is 1. The number of thiophene rings is 1. The van der Waals surface area contributed by atoms with Crippen molar-refractivity contribution in [1.29, 1.82) is 0 Å². The van der Waals surface area contributed by atoms with Crippen LogP contribution in [0.5, 0.6) is 0 Å². The predicted molar refractivity (Wildman–Crippen MR) is 110 cm³/mol. The van der Waals surface area contributed by atoms with E-state index >= 15 is 0 Å². The van der Waals surface area contributed by atoms with Gasteiger partial charge < -0.3 is 10.1 Å². The molecule has 0 bridgehead atoms. The number of hydrogen-bond donors (Lipinski definition) is 1. The van der Waals surface area contributed by atoms with Crippen molar-refractivity contribution in [3.05, 3.63) is 50.9 Å². The summed E-state index contributed by atoms with van der Waals surface area (Å²) < 4.78 is 5.28. The maximum absolute atomic E-state index is 12.8. The Bertz CT molecular complexity index is 869. The van der Waals surface area contributed by atoms with E-state index in [-0.39, 0.29) is 11.9 Å². The first kappa shape index (κ1) is 19.6. The van der Waals surface area contributed by atoms with Gasteiger partial charge in [0.05, 0.1) is 12.2 Å². The number of esters is 1. The third-order valence-electron chi connectivity index (χ3n) is 5.42. The molecule has 0 radical (unpaired) electrons. The predicted octanol–water partition coefficient (Wildman–Crippen LogP) is 5.31. The summed E-state index contributed by atoms with van der Waals surface area (Å²) in [4.78, 5) is 26.6. The molecule has 0 fully saturated rings. The number of fused-ring (bicyclic) bond motifs is 1. The second kappa shape index (κ2) is 8.26. The van der Waals surface area contributed by atoms with Crippen LogP contribution in [0.3, 0.4) is 0 Å². The number of benzene rings is 1. The smallest absolute Gasteiger partial charge is 0.341 e. The number of aryl methyl sites for hydroxylation is 2. The molecule has 144 valence electrons. The Labute approximate surface area is 164 Å². The Hall–Kier alpha value is -2.14. The lowest BCUT2D eigenvalue weighted by Gasteiger charge is -2.20. The van der Waals surface area contributed by atoms with Crippen molar-refractivity contribution in [3.63, 3.8) is 0 Å². The molecule has 0 saturated carbocycles. The summed E-state index contributed by atoms with van der Waals surface area (Å²) in [6.07, 6.45) is 4.06. The Morgan fingerprint density at radius 3 is 2.67 bits per heavy atom. The van der Waals surface area contributed by atoms with Gasteiger partial charge in [0, 0.05) is 10.4 Å². The van der Waals surface area contributed by atoms with E-state index in [0.717, 1.165) is 42.4 Å². The van der Waals surface area contributed by atoms with Gasteiger partial charge in [0.2, 0.25) is 0 Å². The average molecular weight is 386 g/mol. The normalized spacial score (nSPS) is 15.9. The van der Waals surface area contributed by atoms with E-state index in [1.54, 1.807) is 6.92 Å². The zero-order valence-corrected chi connectivity index (χ0v) is 17.3. The van der Waals surface area contributed by atoms with Crippen molar-refractivity contribution in [3.8, 4) is 0 Å². The van der Waals surface area contributed by atoms with E-state index in [0.29, 0.717) is 28.7 Å². The minimum absolute atomic E-state index is 0.186. The Morgan fingerprint density at radius 2 is 2.00 bits per heavy atom. The highest BCUT2D eigenvalue weighted by Crippen LogP contribution is 2.41.